The molecule has 0 aliphatic heterocycles. The quantitative estimate of drug-likeness (QED) is 0.560. The summed E-state index contributed by atoms with van der Waals surface area (Å²) in [4.78, 5) is 21.1. The van der Waals surface area contributed by atoms with Crippen molar-refractivity contribution in [1.82, 2.24) is 9.97 Å². The van der Waals surface area contributed by atoms with Crippen molar-refractivity contribution in [2.45, 2.75) is 0 Å². The first-order valence-electron chi connectivity index (χ1n) is 7.20. The lowest BCUT2D eigenvalue weighted by molar-refractivity contribution is 0.331. The smallest absolute Gasteiger partial charge is 0.323 e. The van der Waals surface area contributed by atoms with Gasteiger partial charge in [0.15, 0.2) is 11.5 Å². The predicted molar refractivity (Wildman–Crippen MR) is 93.5 cm³/mol. The van der Waals surface area contributed by atoms with Crippen molar-refractivity contribution in [2.24, 2.45) is 4.99 Å². The molecular weight excluding hydrogens is 306 g/mol. The van der Waals surface area contributed by atoms with E-state index in [0.29, 0.717) is 17.0 Å². The fourth-order valence-corrected chi connectivity index (χ4v) is 2.25. The molecule has 0 radical (unpaired) electrons. The highest BCUT2D eigenvalue weighted by Gasteiger charge is 2.04. The van der Waals surface area contributed by atoms with E-state index in [9.17, 15) is 4.79 Å². The largest absolute Gasteiger partial charge is 0.493 e. The Bertz CT molecular complexity index is 993. The Hall–Kier alpha value is -3.46. The Morgan fingerprint density at radius 2 is 2.00 bits per heavy atom. The van der Waals surface area contributed by atoms with Crippen molar-refractivity contribution in [3.8, 4) is 23.8 Å². The summed E-state index contributed by atoms with van der Waals surface area (Å²) in [7, 11) is 1.56. The molecule has 6 heteroatoms. The van der Waals surface area contributed by atoms with Gasteiger partial charge >= 0.3 is 5.69 Å². The zero-order chi connectivity index (χ0) is 16.9. The average Bonchev–Trinajstić information content (AvgIpc) is 2.97. The van der Waals surface area contributed by atoms with Crippen LogP contribution in [0, 0.1) is 12.3 Å². The second-order valence-corrected chi connectivity index (χ2v) is 4.97. The van der Waals surface area contributed by atoms with Crippen molar-refractivity contribution < 1.29 is 9.47 Å². The highest BCUT2D eigenvalue weighted by molar-refractivity contribution is 5.85. The van der Waals surface area contributed by atoms with Crippen LogP contribution in [0.5, 0.6) is 11.5 Å². The first-order valence-corrected chi connectivity index (χ1v) is 7.20. The molecule has 0 aliphatic rings. The number of hydrogen-bond acceptors (Lipinski definition) is 4. The van der Waals surface area contributed by atoms with Crippen molar-refractivity contribution in [2.75, 3.05) is 13.7 Å². The van der Waals surface area contributed by atoms with E-state index in [-0.39, 0.29) is 12.3 Å². The van der Waals surface area contributed by atoms with Gasteiger partial charge in [0.1, 0.15) is 6.61 Å². The van der Waals surface area contributed by atoms with Crippen molar-refractivity contribution in [3.05, 3.63) is 52.4 Å². The minimum Gasteiger partial charge on any atom is -0.493 e. The van der Waals surface area contributed by atoms with Crippen LogP contribution in [-0.4, -0.2) is 29.9 Å². The molecule has 2 aromatic carbocycles. The average molecular weight is 321 g/mol. The number of terminal acetylenes is 1. The lowest BCUT2D eigenvalue weighted by Crippen LogP contribution is -1.99. The number of ether oxygens (including phenoxy) is 2. The summed E-state index contributed by atoms with van der Waals surface area (Å²) >= 11 is 0. The molecular formula is C18H15N3O3. The van der Waals surface area contributed by atoms with Crippen LogP contribution in [0.25, 0.3) is 11.0 Å². The van der Waals surface area contributed by atoms with Crippen LogP contribution in [0.15, 0.2) is 46.2 Å². The monoisotopic (exact) mass is 321 g/mol. The number of hydrogen-bond donors (Lipinski definition) is 2. The van der Waals surface area contributed by atoms with Crippen LogP contribution in [-0.2, 0) is 0 Å². The number of imidazole rings is 1. The van der Waals surface area contributed by atoms with Gasteiger partial charge in [0.25, 0.3) is 0 Å². The molecule has 1 aromatic heterocycles. The zero-order valence-corrected chi connectivity index (χ0v) is 13.0. The zero-order valence-electron chi connectivity index (χ0n) is 13.0. The van der Waals surface area contributed by atoms with Gasteiger partial charge in [0, 0.05) is 6.21 Å². The molecule has 2 N–H and O–H groups in total. The number of methoxy groups -OCH3 is 1. The standard InChI is InChI=1S/C18H15N3O3/c1-3-8-24-16-7-4-12(9-17(16)23-2)11-19-13-5-6-14-15(10-13)21-18(22)20-14/h1,4-7,9-11H,8H2,2H3,(H2,20,21,22). The van der Waals surface area contributed by atoms with Crippen LogP contribution in [0.4, 0.5) is 5.69 Å². The summed E-state index contributed by atoms with van der Waals surface area (Å²) in [6, 6.07) is 10.9. The second-order valence-electron chi connectivity index (χ2n) is 4.97. The lowest BCUT2D eigenvalue weighted by atomic mass is 10.2. The molecule has 3 aromatic rings. The van der Waals surface area contributed by atoms with Crippen molar-refractivity contribution >= 4 is 22.9 Å². The third-order valence-corrected chi connectivity index (χ3v) is 3.36. The van der Waals surface area contributed by atoms with Crippen LogP contribution < -0.4 is 15.2 Å². The number of benzene rings is 2. The summed E-state index contributed by atoms with van der Waals surface area (Å²) in [5.41, 5.74) is 2.80. The topological polar surface area (TPSA) is 79.5 Å². The number of aromatic amines is 2. The van der Waals surface area contributed by atoms with Gasteiger partial charge in [-0.25, -0.2) is 4.79 Å². The maximum absolute atomic E-state index is 11.3. The van der Waals surface area contributed by atoms with E-state index >= 15 is 0 Å². The fourth-order valence-electron chi connectivity index (χ4n) is 2.25. The van der Waals surface area contributed by atoms with Crippen LogP contribution in [0.2, 0.25) is 0 Å². The summed E-state index contributed by atoms with van der Waals surface area (Å²) in [5, 5.41) is 0. The molecule has 0 bridgehead atoms. The molecule has 0 atom stereocenters. The molecule has 24 heavy (non-hydrogen) atoms. The normalized spacial score (nSPS) is 10.8. The molecule has 0 spiro atoms. The van der Waals surface area contributed by atoms with E-state index in [1.165, 1.54) is 0 Å². The number of fused-ring (bicyclic) bond motifs is 1. The van der Waals surface area contributed by atoms with E-state index in [4.69, 9.17) is 15.9 Å². The van der Waals surface area contributed by atoms with Gasteiger partial charge in [-0.1, -0.05) is 5.92 Å². The van der Waals surface area contributed by atoms with Gasteiger partial charge in [-0.3, -0.25) is 4.99 Å². The van der Waals surface area contributed by atoms with Crippen molar-refractivity contribution in [3.63, 3.8) is 0 Å². The number of aliphatic imine (C=N–C) groups is 1. The lowest BCUT2D eigenvalue weighted by Gasteiger charge is -2.09. The summed E-state index contributed by atoms with van der Waals surface area (Å²) in [6.45, 7) is 0.179. The molecule has 6 nitrogen and oxygen atoms in total. The summed E-state index contributed by atoms with van der Waals surface area (Å²) in [5.74, 6) is 3.58. The molecule has 0 amide bonds. The molecule has 3 rings (SSSR count). The molecule has 1 heterocycles. The minimum atomic E-state index is -0.238. The third kappa shape index (κ3) is 3.31. The predicted octanol–water partition coefficient (Wildman–Crippen LogP) is 2.63. The van der Waals surface area contributed by atoms with Crippen molar-refractivity contribution in [1.29, 1.82) is 0 Å². The number of rotatable bonds is 5. The van der Waals surface area contributed by atoms with Gasteiger partial charge in [-0.05, 0) is 42.0 Å². The van der Waals surface area contributed by atoms with Gasteiger partial charge in [0.05, 0.1) is 23.8 Å². The van der Waals surface area contributed by atoms with E-state index in [2.05, 4.69) is 20.9 Å². The highest BCUT2D eigenvalue weighted by Crippen LogP contribution is 2.27. The third-order valence-electron chi connectivity index (χ3n) is 3.36. The van der Waals surface area contributed by atoms with E-state index in [1.807, 2.05) is 18.2 Å². The second kappa shape index (κ2) is 6.75. The molecule has 0 fully saturated rings. The molecule has 0 saturated heterocycles. The van der Waals surface area contributed by atoms with Crippen LogP contribution >= 0.6 is 0 Å². The van der Waals surface area contributed by atoms with Gasteiger partial charge in [0.2, 0.25) is 0 Å². The molecule has 0 aliphatic carbocycles. The first kappa shape index (κ1) is 15.4. The van der Waals surface area contributed by atoms with Gasteiger partial charge in [-0.2, -0.15) is 0 Å². The first-order chi connectivity index (χ1) is 11.7. The van der Waals surface area contributed by atoms with E-state index < -0.39 is 0 Å². The summed E-state index contributed by atoms with van der Waals surface area (Å²) in [6.07, 6.45) is 6.90. The SMILES string of the molecule is C#CCOc1ccc(C=Nc2ccc3[nH]c(=O)[nH]c3c2)cc1OC. The number of aromatic nitrogens is 2. The van der Waals surface area contributed by atoms with E-state index in [0.717, 1.165) is 16.8 Å². The van der Waals surface area contributed by atoms with Gasteiger partial charge < -0.3 is 19.4 Å². The number of nitrogens with one attached hydrogen (secondary N) is 2. The Morgan fingerprint density at radius 3 is 2.79 bits per heavy atom. The van der Waals surface area contributed by atoms with Crippen LogP contribution in [0.3, 0.4) is 0 Å². The Kier molecular flexibility index (Phi) is 4.34. The molecule has 0 unspecified atom stereocenters. The van der Waals surface area contributed by atoms with Gasteiger partial charge in [-0.15, -0.1) is 6.42 Å². The fraction of sp³-hybridized carbons (Fsp3) is 0.111. The van der Waals surface area contributed by atoms with E-state index in [1.54, 1.807) is 31.5 Å². The number of nitrogens with zero attached hydrogens (tertiary/aromatic N) is 1. The maximum Gasteiger partial charge on any atom is 0.323 e. The van der Waals surface area contributed by atoms with Crippen LogP contribution in [0.1, 0.15) is 5.56 Å². The maximum atomic E-state index is 11.3. The minimum absolute atomic E-state index is 0.179. The highest BCUT2D eigenvalue weighted by atomic mass is 16.5. The molecule has 120 valence electrons. The Balaban J connectivity index is 1.84. The summed E-state index contributed by atoms with van der Waals surface area (Å²) < 4.78 is 10.7. The molecule has 0 saturated carbocycles. The number of H-pyrrole nitrogens is 2. The Labute approximate surface area is 138 Å². The Morgan fingerprint density at radius 1 is 1.17 bits per heavy atom.